The van der Waals surface area contributed by atoms with Gasteiger partial charge in [0.1, 0.15) is 18.0 Å². The highest BCUT2D eigenvalue weighted by molar-refractivity contribution is 5.93. The first-order valence-electron chi connectivity index (χ1n) is 14.1. The number of hydrogen-bond donors (Lipinski definition) is 4. The van der Waals surface area contributed by atoms with Crippen LogP contribution in [0, 0.1) is 12.7 Å². The Morgan fingerprint density at radius 2 is 2.10 bits per heavy atom. The van der Waals surface area contributed by atoms with Crippen molar-refractivity contribution in [2.45, 2.75) is 84.1 Å². The molecule has 3 aliphatic rings. The summed E-state index contributed by atoms with van der Waals surface area (Å²) in [5, 5.41) is 28.8. The normalized spacial score (nSPS) is 22.5. The van der Waals surface area contributed by atoms with Crippen molar-refractivity contribution < 1.29 is 28.9 Å². The molecule has 1 aromatic carbocycles. The van der Waals surface area contributed by atoms with Gasteiger partial charge in [0.05, 0.1) is 42.8 Å². The van der Waals surface area contributed by atoms with Crippen LogP contribution in [-0.4, -0.2) is 51.3 Å². The van der Waals surface area contributed by atoms with E-state index in [1.165, 1.54) is 6.07 Å². The molecular formula is C30H35FN4O6. The van der Waals surface area contributed by atoms with Crippen molar-refractivity contribution in [2.24, 2.45) is 0 Å². The Hall–Kier alpha value is -3.22. The lowest BCUT2D eigenvalue weighted by molar-refractivity contribution is -0.236. The number of carbonyl (C=O) groups excluding carboxylic acids is 1. The van der Waals surface area contributed by atoms with Crippen LogP contribution in [0.15, 0.2) is 16.9 Å². The van der Waals surface area contributed by atoms with Gasteiger partial charge in [-0.15, -0.1) is 0 Å². The summed E-state index contributed by atoms with van der Waals surface area (Å²) in [7, 11) is 0. The van der Waals surface area contributed by atoms with E-state index in [9.17, 15) is 19.8 Å². The van der Waals surface area contributed by atoms with Crippen molar-refractivity contribution in [1.82, 2.24) is 20.2 Å². The van der Waals surface area contributed by atoms with Crippen LogP contribution >= 0.6 is 0 Å². The highest BCUT2D eigenvalue weighted by Crippen LogP contribution is 2.46. The largest absolute Gasteiger partial charge is 0.380 e. The molecule has 0 radical (unpaired) electrons. The van der Waals surface area contributed by atoms with Crippen molar-refractivity contribution in [1.29, 1.82) is 0 Å². The first kappa shape index (κ1) is 27.9. The van der Waals surface area contributed by atoms with E-state index in [1.807, 2.05) is 13.8 Å². The Balaban J connectivity index is 1.48. The number of ether oxygens (including phenoxy) is 2. The first-order chi connectivity index (χ1) is 19.5. The molecule has 0 saturated heterocycles. The second kappa shape index (κ2) is 10.2. The standard InChI is InChI=1S/C30H35FN4O6/c1-5-30(39)19-8-23-27-17(10-35(23)28(37)18(19)11-41-29(30)38)26-21(33-24(36)12-40-13-32-14(2)3)7-6-16-15(4)20(31)9-22(34-27)25(16)26/h8-9,14,21,29,32,38-39H,5-7,10-13H2,1-4H3,(H,33,36)/t21-,29?,30-/m0/s1. The lowest BCUT2D eigenvalue weighted by atomic mass is 9.81. The average molecular weight is 567 g/mol. The molecule has 0 bridgehead atoms. The van der Waals surface area contributed by atoms with Crippen LogP contribution in [0.25, 0.3) is 22.3 Å². The summed E-state index contributed by atoms with van der Waals surface area (Å²) in [6, 6.07) is 2.93. The van der Waals surface area contributed by atoms with Crippen LogP contribution < -0.4 is 16.2 Å². The van der Waals surface area contributed by atoms with E-state index in [1.54, 1.807) is 24.5 Å². The number of aliphatic hydroxyl groups is 2. The maximum atomic E-state index is 15.1. The molecule has 0 saturated carbocycles. The van der Waals surface area contributed by atoms with Crippen LogP contribution in [0.1, 0.15) is 73.0 Å². The van der Waals surface area contributed by atoms with E-state index in [0.29, 0.717) is 40.9 Å². The number of aromatic nitrogens is 2. The fraction of sp³-hybridized carbons (Fsp3) is 0.500. The first-order valence-corrected chi connectivity index (χ1v) is 14.1. The van der Waals surface area contributed by atoms with Gasteiger partial charge in [-0.1, -0.05) is 6.92 Å². The molecule has 10 nitrogen and oxygen atoms in total. The highest BCUT2D eigenvalue weighted by atomic mass is 19.1. The molecule has 41 heavy (non-hydrogen) atoms. The zero-order valence-corrected chi connectivity index (χ0v) is 23.6. The Labute approximate surface area is 236 Å². The number of hydrogen-bond acceptors (Lipinski definition) is 8. The van der Waals surface area contributed by atoms with E-state index in [4.69, 9.17) is 14.5 Å². The zero-order chi connectivity index (χ0) is 29.2. The van der Waals surface area contributed by atoms with Gasteiger partial charge in [-0.25, -0.2) is 9.37 Å². The minimum absolute atomic E-state index is 0.119. The van der Waals surface area contributed by atoms with Crippen LogP contribution in [0.3, 0.4) is 0 Å². The van der Waals surface area contributed by atoms with Crippen LogP contribution in [0.5, 0.6) is 0 Å². The average Bonchev–Trinajstić information content (AvgIpc) is 3.31. The fourth-order valence-corrected chi connectivity index (χ4v) is 6.42. The number of nitrogens with one attached hydrogen (secondary N) is 2. The molecule has 11 heteroatoms. The number of aliphatic hydroxyl groups excluding tert-OH is 1. The van der Waals surface area contributed by atoms with Gasteiger partial charge in [0.25, 0.3) is 5.56 Å². The van der Waals surface area contributed by atoms with Crippen molar-refractivity contribution >= 4 is 16.8 Å². The van der Waals surface area contributed by atoms with Crippen LogP contribution in [-0.2, 0) is 39.4 Å². The quantitative estimate of drug-likeness (QED) is 0.198. The second-order valence-electron chi connectivity index (χ2n) is 11.5. The summed E-state index contributed by atoms with van der Waals surface area (Å²) in [6.07, 6.45) is -0.236. The smallest absolute Gasteiger partial charge is 0.257 e. The molecule has 1 aliphatic carbocycles. The van der Waals surface area contributed by atoms with Gasteiger partial charge in [0, 0.05) is 34.2 Å². The molecule has 0 spiro atoms. The SMILES string of the molecule is CC[C@]1(O)c2cc3n(c(=O)c2COC1O)Cc1c-3nc2cc(F)c(C)c3c2c1[C@@H](NC(=O)COCNC(C)C)CC3. The predicted octanol–water partition coefficient (Wildman–Crippen LogP) is 2.39. The van der Waals surface area contributed by atoms with Gasteiger partial charge >= 0.3 is 0 Å². The monoisotopic (exact) mass is 566 g/mol. The summed E-state index contributed by atoms with van der Waals surface area (Å²) >= 11 is 0. The number of rotatable bonds is 7. The predicted molar refractivity (Wildman–Crippen MR) is 149 cm³/mol. The number of fused-ring (bicyclic) bond motifs is 5. The Bertz CT molecular complexity index is 1640. The van der Waals surface area contributed by atoms with E-state index in [2.05, 4.69) is 10.6 Å². The topological polar surface area (TPSA) is 135 Å². The molecule has 2 aliphatic heterocycles. The lowest BCUT2D eigenvalue weighted by Crippen LogP contribution is -2.47. The maximum Gasteiger partial charge on any atom is 0.257 e. The second-order valence-corrected chi connectivity index (χ2v) is 11.5. The third-order valence-electron chi connectivity index (χ3n) is 8.70. The van der Waals surface area contributed by atoms with Crippen molar-refractivity contribution in [2.75, 3.05) is 13.3 Å². The minimum Gasteiger partial charge on any atom is -0.380 e. The Morgan fingerprint density at radius 1 is 1.32 bits per heavy atom. The summed E-state index contributed by atoms with van der Waals surface area (Å²) in [5.41, 5.74) is 2.93. The van der Waals surface area contributed by atoms with E-state index in [0.717, 1.165) is 22.1 Å². The molecule has 6 rings (SSSR count). The molecule has 3 aromatic rings. The number of benzene rings is 1. The third-order valence-corrected chi connectivity index (χ3v) is 8.70. The molecular weight excluding hydrogens is 531 g/mol. The molecule has 2 aromatic heterocycles. The summed E-state index contributed by atoms with van der Waals surface area (Å²) < 4.78 is 27.5. The molecule has 4 N–H and O–H groups in total. The summed E-state index contributed by atoms with van der Waals surface area (Å²) in [6.45, 7) is 7.64. The third kappa shape index (κ3) is 4.38. The molecule has 1 amide bonds. The number of halogens is 1. The minimum atomic E-state index is -1.76. The van der Waals surface area contributed by atoms with E-state index < -0.39 is 17.9 Å². The van der Waals surface area contributed by atoms with Gasteiger partial charge in [0.15, 0.2) is 6.29 Å². The van der Waals surface area contributed by atoms with E-state index in [-0.39, 0.29) is 61.8 Å². The van der Waals surface area contributed by atoms with Gasteiger partial charge < -0.3 is 29.6 Å². The molecule has 1 unspecified atom stereocenters. The van der Waals surface area contributed by atoms with Gasteiger partial charge in [-0.05, 0) is 62.8 Å². The molecule has 3 atom stereocenters. The van der Waals surface area contributed by atoms with Crippen LogP contribution in [0.4, 0.5) is 4.39 Å². The number of aryl methyl sites for hydroxylation is 1. The number of amides is 1. The van der Waals surface area contributed by atoms with Crippen molar-refractivity contribution in [3.8, 4) is 11.4 Å². The Morgan fingerprint density at radius 3 is 2.83 bits per heavy atom. The molecule has 0 fully saturated rings. The molecule has 4 heterocycles. The van der Waals surface area contributed by atoms with Crippen LogP contribution in [0.2, 0.25) is 0 Å². The zero-order valence-electron chi connectivity index (χ0n) is 23.6. The lowest BCUT2D eigenvalue weighted by Gasteiger charge is -2.37. The summed E-state index contributed by atoms with van der Waals surface area (Å²) in [4.78, 5) is 31.5. The van der Waals surface area contributed by atoms with Crippen molar-refractivity contribution in [3.63, 3.8) is 0 Å². The fourth-order valence-electron chi connectivity index (χ4n) is 6.42. The summed E-state index contributed by atoms with van der Waals surface area (Å²) in [5.74, 6) is -0.635. The highest BCUT2D eigenvalue weighted by Gasteiger charge is 2.45. The van der Waals surface area contributed by atoms with Gasteiger partial charge in [0.2, 0.25) is 5.91 Å². The van der Waals surface area contributed by atoms with Gasteiger partial charge in [-0.3, -0.25) is 14.9 Å². The van der Waals surface area contributed by atoms with E-state index >= 15 is 4.39 Å². The number of nitrogens with zero attached hydrogens (tertiary/aromatic N) is 2. The molecule has 218 valence electrons. The van der Waals surface area contributed by atoms with Gasteiger partial charge in [-0.2, -0.15) is 0 Å². The maximum absolute atomic E-state index is 15.1. The number of pyridine rings is 2. The Kier molecular flexibility index (Phi) is 6.98. The number of carbonyl (C=O) groups is 1. The van der Waals surface area contributed by atoms with Crippen molar-refractivity contribution in [3.05, 3.63) is 61.7 Å².